The Kier molecular flexibility index (Phi) is 5.23. The smallest absolute Gasteiger partial charge is 0.167 e. The molecule has 1 fully saturated rings. The molecule has 3 aromatic rings. The van der Waals surface area contributed by atoms with Crippen LogP contribution in [-0.2, 0) is 4.74 Å². The van der Waals surface area contributed by atoms with Crippen LogP contribution in [0.15, 0.2) is 43.0 Å². The zero-order valence-electron chi connectivity index (χ0n) is 15.4. The van der Waals surface area contributed by atoms with Gasteiger partial charge in [0.25, 0.3) is 0 Å². The quantitative estimate of drug-likeness (QED) is 0.495. The van der Waals surface area contributed by atoms with E-state index in [0.717, 1.165) is 12.0 Å². The van der Waals surface area contributed by atoms with E-state index in [1.54, 1.807) is 4.57 Å². The molecule has 148 valence electrons. The number of aliphatic hydroxyl groups excluding tert-OH is 3. The second-order valence-electron chi connectivity index (χ2n) is 6.79. The summed E-state index contributed by atoms with van der Waals surface area (Å²) in [5.74, 6) is 0.575. The van der Waals surface area contributed by atoms with Gasteiger partial charge >= 0.3 is 0 Å². The highest BCUT2D eigenvalue weighted by molar-refractivity contribution is 5.83. The summed E-state index contributed by atoms with van der Waals surface area (Å²) >= 11 is 0. The van der Waals surface area contributed by atoms with Gasteiger partial charge in [0.15, 0.2) is 23.2 Å². The van der Waals surface area contributed by atoms with Crippen LogP contribution in [0.1, 0.15) is 31.2 Å². The molecule has 0 saturated carbocycles. The first-order chi connectivity index (χ1) is 13.6. The van der Waals surface area contributed by atoms with Gasteiger partial charge in [-0.2, -0.15) is 0 Å². The monoisotopic (exact) mass is 385 g/mol. The first-order valence-electron chi connectivity index (χ1n) is 9.25. The van der Waals surface area contributed by atoms with E-state index >= 15 is 0 Å². The topological polar surface area (TPSA) is 126 Å². The van der Waals surface area contributed by atoms with E-state index < -0.39 is 31.1 Å². The molecule has 4 N–H and O–H groups in total. The van der Waals surface area contributed by atoms with Crippen LogP contribution in [-0.4, -0.2) is 59.8 Å². The Balaban J connectivity index is 1.66. The van der Waals surface area contributed by atoms with E-state index in [2.05, 4.69) is 39.3 Å². The lowest BCUT2D eigenvalue weighted by atomic mass is 10.0. The van der Waals surface area contributed by atoms with E-state index in [4.69, 9.17) is 4.74 Å². The van der Waals surface area contributed by atoms with Gasteiger partial charge in [0.2, 0.25) is 0 Å². The Bertz CT molecular complexity index is 934. The number of nitrogens with zero attached hydrogens (tertiary/aromatic N) is 4. The molecule has 1 aromatic carbocycles. The number of fused-ring (bicyclic) bond motifs is 1. The van der Waals surface area contributed by atoms with Crippen LogP contribution in [0, 0.1) is 0 Å². The van der Waals surface area contributed by atoms with Crippen LogP contribution in [0.25, 0.3) is 11.2 Å². The summed E-state index contributed by atoms with van der Waals surface area (Å²) in [6.45, 7) is 1.69. The summed E-state index contributed by atoms with van der Waals surface area (Å²) in [4.78, 5) is 13.0. The number of aromatic nitrogens is 4. The highest BCUT2D eigenvalue weighted by atomic mass is 16.6. The predicted molar refractivity (Wildman–Crippen MR) is 101 cm³/mol. The van der Waals surface area contributed by atoms with Crippen molar-refractivity contribution < 1.29 is 20.1 Å². The van der Waals surface area contributed by atoms with Crippen molar-refractivity contribution in [3.63, 3.8) is 0 Å². The number of benzene rings is 1. The maximum absolute atomic E-state index is 10.3. The summed E-state index contributed by atoms with van der Waals surface area (Å²) < 4.78 is 7.14. The van der Waals surface area contributed by atoms with Gasteiger partial charge in [-0.25, -0.2) is 15.0 Å². The summed E-state index contributed by atoms with van der Waals surface area (Å²) in [6, 6.07) is 10.1. The lowest BCUT2D eigenvalue weighted by Gasteiger charge is -2.19. The number of hydrogen-bond acceptors (Lipinski definition) is 8. The van der Waals surface area contributed by atoms with Gasteiger partial charge < -0.3 is 25.4 Å². The third-order valence-electron chi connectivity index (χ3n) is 5.07. The van der Waals surface area contributed by atoms with Crippen LogP contribution in [0.5, 0.6) is 0 Å². The minimum Gasteiger partial charge on any atom is -0.394 e. The fourth-order valence-electron chi connectivity index (χ4n) is 3.53. The van der Waals surface area contributed by atoms with Gasteiger partial charge in [-0.15, -0.1) is 0 Å². The van der Waals surface area contributed by atoms with Crippen molar-refractivity contribution in [2.45, 2.75) is 43.9 Å². The summed E-state index contributed by atoms with van der Waals surface area (Å²) in [6.07, 6.45) is -0.375. The molecule has 1 aliphatic rings. The molecule has 3 heterocycles. The average molecular weight is 385 g/mol. The molecule has 9 heteroatoms. The zero-order chi connectivity index (χ0) is 19.7. The maximum Gasteiger partial charge on any atom is 0.167 e. The molecular weight excluding hydrogens is 362 g/mol. The first kappa shape index (κ1) is 18.8. The maximum atomic E-state index is 10.3. The van der Waals surface area contributed by atoms with Crippen molar-refractivity contribution in [1.29, 1.82) is 0 Å². The van der Waals surface area contributed by atoms with Crippen molar-refractivity contribution in [3.05, 3.63) is 48.5 Å². The standard InChI is InChI=1S/C19H23N5O4/c1-2-12(11-6-4-3-5-7-11)23-17-14-18(21-9-20-17)24(10-22-14)19-16(27)15(26)13(8-25)28-19/h3-7,9-10,12-13,15-16,19,25-27H,2,8H2,1H3,(H,20,21,23)/t12-,13+,15-,16?,19+/m0/s1. The number of nitrogens with one attached hydrogen (secondary N) is 1. The van der Waals surface area contributed by atoms with Gasteiger partial charge in [-0.05, 0) is 12.0 Å². The largest absolute Gasteiger partial charge is 0.394 e. The Labute approximate surface area is 161 Å². The number of anilines is 1. The number of aliphatic hydroxyl groups is 3. The van der Waals surface area contributed by atoms with Crippen molar-refractivity contribution in [2.75, 3.05) is 11.9 Å². The second kappa shape index (κ2) is 7.80. The van der Waals surface area contributed by atoms with Crippen molar-refractivity contribution in [1.82, 2.24) is 19.5 Å². The van der Waals surface area contributed by atoms with Crippen LogP contribution < -0.4 is 5.32 Å². The predicted octanol–water partition coefficient (Wildman–Crippen LogP) is 1.00. The summed E-state index contributed by atoms with van der Waals surface area (Å²) in [5, 5.41) is 33.0. The molecule has 4 rings (SSSR count). The third-order valence-corrected chi connectivity index (χ3v) is 5.07. The van der Waals surface area contributed by atoms with E-state index in [1.165, 1.54) is 12.7 Å². The first-order valence-corrected chi connectivity index (χ1v) is 9.25. The molecule has 0 aliphatic carbocycles. The highest BCUT2D eigenvalue weighted by Gasteiger charge is 2.44. The minimum atomic E-state index is -1.20. The number of imidazole rings is 1. The fraction of sp³-hybridized carbons (Fsp3) is 0.421. The van der Waals surface area contributed by atoms with Crippen LogP contribution in [0.3, 0.4) is 0 Å². The van der Waals surface area contributed by atoms with Crippen molar-refractivity contribution in [2.24, 2.45) is 0 Å². The molecule has 5 atom stereocenters. The molecule has 1 unspecified atom stereocenters. The molecule has 1 saturated heterocycles. The molecule has 9 nitrogen and oxygen atoms in total. The molecule has 0 spiro atoms. The normalized spacial score (nSPS) is 25.9. The molecule has 28 heavy (non-hydrogen) atoms. The zero-order valence-corrected chi connectivity index (χ0v) is 15.4. The number of ether oxygens (including phenoxy) is 1. The lowest BCUT2D eigenvalue weighted by Crippen LogP contribution is -2.33. The van der Waals surface area contributed by atoms with Gasteiger partial charge in [-0.1, -0.05) is 37.3 Å². The minimum absolute atomic E-state index is 0.0540. The van der Waals surface area contributed by atoms with E-state index in [0.29, 0.717) is 17.0 Å². The SMILES string of the molecule is CC[C@H](Nc1ncnc2c1ncn2[C@@H]1O[C@H](CO)[C@H](O)C1O)c1ccccc1. The van der Waals surface area contributed by atoms with Gasteiger partial charge in [0.05, 0.1) is 19.0 Å². The lowest BCUT2D eigenvalue weighted by molar-refractivity contribution is -0.0511. The molecule has 0 radical (unpaired) electrons. The van der Waals surface area contributed by atoms with Gasteiger partial charge in [0, 0.05) is 0 Å². The molecule has 1 aliphatic heterocycles. The molecule has 2 aromatic heterocycles. The Morgan fingerprint density at radius 1 is 1.14 bits per heavy atom. The Morgan fingerprint density at radius 3 is 2.61 bits per heavy atom. The molecule has 0 amide bonds. The summed E-state index contributed by atoms with van der Waals surface area (Å²) in [5.41, 5.74) is 2.14. The Morgan fingerprint density at radius 2 is 1.93 bits per heavy atom. The third kappa shape index (κ3) is 3.22. The van der Waals surface area contributed by atoms with Gasteiger partial charge in [0.1, 0.15) is 24.6 Å². The highest BCUT2D eigenvalue weighted by Crippen LogP contribution is 2.32. The fourth-order valence-corrected chi connectivity index (χ4v) is 3.53. The second-order valence-corrected chi connectivity index (χ2v) is 6.79. The Hall–Kier alpha value is -2.59. The van der Waals surface area contributed by atoms with Crippen LogP contribution >= 0.6 is 0 Å². The number of rotatable bonds is 6. The van der Waals surface area contributed by atoms with Crippen molar-refractivity contribution in [3.8, 4) is 0 Å². The van der Waals surface area contributed by atoms with E-state index in [1.807, 2.05) is 18.2 Å². The number of hydrogen-bond donors (Lipinski definition) is 4. The average Bonchev–Trinajstić information content (AvgIpc) is 3.28. The molecule has 0 bridgehead atoms. The summed E-state index contributed by atoms with van der Waals surface area (Å²) in [7, 11) is 0. The van der Waals surface area contributed by atoms with E-state index in [9.17, 15) is 15.3 Å². The van der Waals surface area contributed by atoms with Crippen LogP contribution in [0.2, 0.25) is 0 Å². The molecular formula is C19H23N5O4. The van der Waals surface area contributed by atoms with Crippen molar-refractivity contribution >= 4 is 17.0 Å². The van der Waals surface area contributed by atoms with Crippen LogP contribution in [0.4, 0.5) is 5.82 Å². The van der Waals surface area contributed by atoms with E-state index in [-0.39, 0.29) is 6.04 Å². The van der Waals surface area contributed by atoms with Gasteiger partial charge in [-0.3, -0.25) is 4.57 Å².